The molecular weight excluding hydrogens is 212 g/mol. The number of carbonyl (C=O) groups is 1. The Morgan fingerprint density at radius 2 is 2.00 bits per heavy atom. The summed E-state index contributed by atoms with van der Waals surface area (Å²) in [7, 11) is 0. The van der Waals surface area contributed by atoms with Crippen LogP contribution in [0.25, 0.3) is 0 Å². The largest absolute Gasteiger partial charge is 0.386 e. The molecule has 0 atom stereocenters. The molecule has 0 aliphatic heterocycles. The molecule has 0 heterocycles. The third kappa shape index (κ3) is 4.23. The monoisotopic (exact) mass is 230 g/mol. The van der Waals surface area contributed by atoms with Crippen molar-refractivity contribution in [3.05, 3.63) is 47.7 Å². The van der Waals surface area contributed by atoms with Crippen molar-refractivity contribution >= 4 is 12.0 Å². The van der Waals surface area contributed by atoms with E-state index in [-0.39, 0.29) is 11.7 Å². The average Bonchev–Trinajstić information content (AvgIpc) is 2.35. The number of carbonyl (C=O) groups excluding carboxylic acids is 1. The van der Waals surface area contributed by atoms with Gasteiger partial charge in [0.15, 0.2) is 5.78 Å². The maximum atomic E-state index is 11.7. The van der Waals surface area contributed by atoms with Crippen molar-refractivity contribution in [3.8, 4) is 0 Å². The van der Waals surface area contributed by atoms with E-state index in [1.54, 1.807) is 6.20 Å². The van der Waals surface area contributed by atoms with Gasteiger partial charge in [0.2, 0.25) is 0 Å². The van der Waals surface area contributed by atoms with Crippen molar-refractivity contribution in [2.75, 3.05) is 0 Å². The zero-order valence-electron chi connectivity index (χ0n) is 10.2. The van der Waals surface area contributed by atoms with Gasteiger partial charge in [0, 0.05) is 24.9 Å². The number of nitrogens with one attached hydrogen (secondary N) is 2. The Morgan fingerprint density at radius 1 is 1.35 bits per heavy atom. The SMILES string of the molecule is CC(C)C(=O)/C(C=N)=C/NCc1ccccc1. The molecular formula is C14H18N2O. The zero-order chi connectivity index (χ0) is 12.7. The van der Waals surface area contributed by atoms with E-state index in [0.717, 1.165) is 11.8 Å². The molecule has 0 aliphatic carbocycles. The lowest BCUT2D eigenvalue weighted by Gasteiger charge is -2.06. The highest BCUT2D eigenvalue weighted by Crippen LogP contribution is 2.03. The highest BCUT2D eigenvalue weighted by atomic mass is 16.1. The van der Waals surface area contributed by atoms with Gasteiger partial charge in [-0.25, -0.2) is 0 Å². The number of benzene rings is 1. The van der Waals surface area contributed by atoms with E-state index < -0.39 is 0 Å². The molecule has 0 aliphatic rings. The summed E-state index contributed by atoms with van der Waals surface area (Å²) in [6, 6.07) is 9.92. The molecule has 2 N–H and O–H groups in total. The fourth-order valence-corrected chi connectivity index (χ4v) is 1.39. The fourth-order valence-electron chi connectivity index (χ4n) is 1.39. The molecule has 0 saturated heterocycles. The van der Waals surface area contributed by atoms with Gasteiger partial charge in [-0.05, 0) is 5.56 Å². The van der Waals surface area contributed by atoms with Gasteiger partial charge in [0.05, 0.1) is 5.57 Å². The minimum absolute atomic E-state index is 0.0134. The summed E-state index contributed by atoms with van der Waals surface area (Å²) >= 11 is 0. The first-order chi connectivity index (χ1) is 8.15. The van der Waals surface area contributed by atoms with E-state index in [1.807, 2.05) is 44.2 Å². The third-order valence-electron chi connectivity index (χ3n) is 2.37. The van der Waals surface area contributed by atoms with Crippen molar-refractivity contribution in [1.29, 1.82) is 5.41 Å². The first kappa shape index (κ1) is 13.2. The van der Waals surface area contributed by atoms with Gasteiger partial charge < -0.3 is 10.7 Å². The van der Waals surface area contributed by atoms with Crippen LogP contribution < -0.4 is 5.32 Å². The van der Waals surface area contributed by atoms with E-state index in [9.17, 15) is 4.79 Å². The normalized spacial score (nSPS) is 11.4. The Kier molecular flexibility index (Phi) is 5.14. The van der Waals surface area contributed by atoms with E-state index >= 15 is 0 Å². The summed E-state index contributed by atoms with van der Waals surface area (Å²) in [5, 5.41) is 10.3. The van der Waals surface area contributed by atoms with E-state index in [4.69, 9.17) is 5.41 Å². The van der Waals surface area contributed by atoms with Crippen molar-refractivity contribution in [1.82, 2.24) is 5.32 Å². The Bertz CT molecular complexity index is 407. The predicted octanol–water partition coefficient (Wildman–Crippen LogP) is 2.53. The number of rotatable bonds is 6. The molecule has 0 amide bonds. The molecule has 0 unspecified atom stereocenters. The van der Waals surface area contributed by atoms with Crippen molar-refractivity contribution in [2.45, 2.75) is 20.4 Å². The van der Waals surface area contributed by atoms with E-state index in [1.165, 1.54) is 0 Å². The summed E-state index contributed by atoms with van der Waals surface area (Å²) in [6.07, 6.45) is 2.71. The Balaban J connectivity index is 2.57. The van der Waals surface area contributed by atoms with E-state index in [0.29, 0.717) is 12.1 Å². The van der Waals surface area contributed by atoms with Gasteiger partial charge in [0.1, 0.15) is 0 Å². The lowest BCUT2D eigenvalue weighted by atomic mass is 10.0. The Morgan fingerprint density at radius 3 is 2.53 bits per heavy atom. The van der Waals surface area contributed by atoms with Crippen LogP contribution in [0.2, 0.25) is 0 Å². The van der Waals surface area contributed by atoms with Crippen LogP contribution in [-0.2, 0) is 11.3 Å². The second-order valence-electron chi connectivity index (χ2n) is 4.13. The van der Waals surface area contributed by atoms with Crippen LogP contribution in [0.5, 0.6) is 0 Å². The Labute approximate surface area is 102 Å². The lowest BCUT2D eigenvalue weighted by Crippen LogP contribution is -2.15. The second-order valence-corrected chi connectivity index (χ2v) is 4.13. The summed E-state index contributed by atoms with van der Waals surface area (Å²) in [4.78, 5) is 11.7. The first-order valence-corrected chi connectivity index (χ1v) is 5.67. The number of ketones is 1. The zero-order valence-corrected chi connectivity index (χ0v) is 10.2. The number of Topliss-reactive ketones (excluding diaryl/α,β-unsaturated/α-hetero) is 1. The molecule has 0 saturated carbocycles. The summed E-state index contributed by atoms with van der Waals surface area (Å²) in [5.41, 5.74) is 1.56. The molecule has 0 bridgehead atoms. The predicted molar refractivity (Wildman–Crippen MR) is 70.0 cm³/mol. The third-order valence-corrected chi connectivity index (χ3v) is 2.37. The number of hydrogen-bond donors (Lipinski definition) is 2. The molecule has 0 spiro atoms. The van der Waals surface area contributed by atoms with E-state index in [2.05, 4.69) is 5.32 Å². The van der Waals surface area contributed by atoms with Gasteiger partial charge >= 0.3 is 0 Å². The van der Waals surface area contributed by atoms with Crippen LogP contribution >= 0.6 is 0 Å². The molecule has 1 aromatic carbocycles. The summed E-state index contributed by atoms with van der Waals surface area (Å²) < 4.78 is 0. The molecule has 17 heavy (non-hydrogen) atoms. The van der Waals surface area contributed by atoms with Crippen LogP contribution in [0.3, 0.4) is 0 Å². The first-order valence-electron chi connectivity index (χ1n) is 5.67. The minimum Gasteiger partial charge on any atom is -0.386 e. The van der Waals surface area contributed by atoms with Crippen LogP contribution in [-0.4, -0.2) is 12.0 Å². The van der Waals surface area contributed by atoms with Gasteiger partial charge in [0.25, 0.3) is 0 Å². The Hall–Kier alpha value is -1.90. The smallest absolute Gasteiger partial charge is 0.168 e. The van der Waals surface area contributed by atoms with Crippen molar-refractivity contribution < 1.29 is 4.79 Å². The molecule has 3 heteroatoms. The number of hydrogen-bond acceptors (Lipinski definition) is 3. The van der Waals surface area contributed by atoms with Crippen LogP contribution in [0.4, 0.5) is 0 Å². The summed E-state index contributed by atoms with van der Waals surface area (Å²) in [6.45, 7) is 4.32. The highest BCUT2D eigenvalue weighted by molar-refractivity contribution is 6.13. The van der Waals surface area contributed by atoms with Gasteiger partial charge in [-0.15, -0.1) is 0 Å². The summed E-state index contributed by atoms with van der Waals surface area (Å²) in [5.74, 6) is -0.0954. The molecule has 0 fully saturated rings. The van der Waals surface area contributed by atoms with Crippen LogP contribution in [0.1, 0.15) is 19.4 Å². The lowest BCUT2D eigenvalue weighted by molar-refractivity contribution is -0.117. The van der Waals surface area contributed by atoms with Crippen molar-refractivity contribution in [3.63, 3.8) is 0 Å². The van der Waals surface area contributed by atoms with Crippen LogP contribution in [0.15, 0.2) is 42.1 Å². The van der Waals surface area contributed by atoms with Gasteiger partial charge in [-0.1, -0.05) is 44.2 Å². The number of allylic oxidation sites excluding steroid dienone is 1. The molecule has 0 radical (unpaired) electrons. The minimum atomic E-state index is -0.0821. The molecule has 3 nitrogen and oxygen atoms in total. The molecule has 0 aromatic heterocycles. The highest BCUT2D eigenvalue weighted by Gasteiger charge is 2.10. The second kappa shape index (κ2) is 6.63. The van der Waals surface area contributed by atoms with Gasteiger partial charge in [-0.2, -0.15) is 0 Å². The van der Waals surface area contributed by atoms with Crippen LogP contribution in [0, 0.1) is 11.3 Å². The topological polar surface area (TPSA) is 53.0 Å². The quantitative estimate of drug-likeness (QED) is 0.583. The van der Waals surface area contributed by atoms with Crippen molar-refractivity contribution in [2.24, 2.45) is 5.92 Å². The average molecular weight is 230 g/mol. The fraction of sp³-hybridized carbons (Fsp3) is 0.286. The van der Waals surface area contributed by atoms with Gasteiger partial charge in [-0.3, -0.25) is 4.79 Å². The maximum Gasteiger partial charge on any atom is 0.168 e. The standard InChI is InChI=1S/C14H18N2O/c1-11(2)14(17)13(8-15)10-16-9-12-6-4-3-5-7-12/h3-8,10-11,15-16H,9H2,1-2H3/b13-10+,15-8?. The molecule has 1 rings (SSSR count). The molecule has 90 valence electrons. The molecule has 1 aromatic rings. The maximum absolute atomic E-state index is 11.7.